The number of halogens is 3. The monoisotopic (exact) mass is 357 g/mol. The Hall–Kier alpha value is -2.60. The van der Waals surface area contributed by atoms with Gasteiger partial charge in [0.05, 0.1) is 23.5 Å². The summed E-state index contributed by atoms with van der Waals surface area (Å²) in [6.45, 7) is 3.34. The first kappa shape index (κ1) is 16.8. The van der Waals surface area contributed by atoms with Crippen LogP contribution in [0.15, 0.2) is 60.7 Å². The Morgan fingerprint density at radius 1 is 0.923 bits per heavy atom. The van der Waals surface area contributed by atoms with Crippen LogP contribution in [0.5, 0.6) is 0 Å². The number of hydrogen-bond acceptors (Lipinski definition) is 2. The summed E-state index contributed by atoms with van der Waals surface area (Å²) >= 11 is 0. The molecule has 6 heteroatoms. The van der Waals surface area contributed by atoms with E-state index in [0.717, 1.165) is 49.7 Å². The summed E-state index contributed by atoms with van der Waals surface area (Å²) in [4.78, 5) is 2.35. The highest BCUT2D eigenvalue weighted by Gasteiger charge is 2.30. The van der Waals surface area contributed by atoms with Gasteiger partial charge in [0.15, 0.2) is 0 Å². The molecule has 0 fully saturated rings. The van der Waals surface area contributed by atoms with Gasteiger partial charge in [-0.25, -0.2) is 0 Å². The molecule has 0 atom stereocenters. The summed E-state index contributed by atoms with van der Waals surface area (Å²) in [6.07, 6.45) is -4.32. The number of hydrogen-bond donors (Lipinski definition) is 0. The van der Waals surface area contributed by atoms with Gasteiger partial charge < -0.3 is 0 Å². The van der Waals surface area contributed by atoms with Gasteiger partial charge in [-0.3, -0.25) is 9.58 Å². The molecule has 2 aromatic carbocycles. The molecule has 4 rings (SSSR count). The maximum absolute atomic E-state index is 12.7. The molecule has 3 nitrogen and oxygen atoms in total. The highest BCUT2D eigenvalue weighted by Crippen LogP contribution is 2.31. The summed E-state index contributed by atoms with van der Waals surface area (Å²) in [6, 6.07) is 17.4. The average Bonchev–Trinajstić information content (AvgIpc) is 3.05. The lowest BCUT2D eigenvalue weighted by atomic mass is 10.1. The van der Waals surface area contributed by atoms with E-state index in [2.05, 4.69) is 22.1 Å². The minimum atomic E-state index is -4.32. The molecule has 0 aliphatic carbocycles. The summed E-state index contributed by atoms with van der Waals surface area (Å²) in [5.41, 5.74) is 3.13. The van der Waals surface area contributed by atoms with Gasteiger partial charge in [-0.15, -0.1) is 0 Å². The summed E-state index contributed by atoms with van der Waals surface area (Å²) < 4.78 is 40.1. The van der Waals surface area contributed by atoms with Crippen LogP contribution in [0.3, 0.4) is 0 Å². The van der Waals surface area contributed by atoms with Crippen LogP contribution in [0.25, 0.3) is 11.3 Å². The van der Waals surface area contributed by atoms with Crippen molar-refractivity contribution < 1.29 is 13.2 Å². The van der Waals surface area contributed by atoms with Crippen molar-refractivity contribution in [2.24, 2.45) is 0 Å². The van der Waals surface area contributed by atoms with Crippen molar-refractivity contribution in [2.75, 3.05) is 6.54 Å². The van der Waals surface area contributed by atoms with Gasteiger partial charge >= 0.3 is 6.18 Å². The van der Waals surface area contributed by atoms with Gasteiger partial charge in [-0.2, -0.15) is 18.3 Å². The van der Waals surface area contributed by atoms with Gasteiger partial charge in [0.2, 0.25) is 0 Å². The molecule has 1 aliphatic heterocycles. The normalized spacial score (nSPS) is 15.0. The predicted molar refractivity (Wildman–Crippen MR) is 93.2 cm³/mol. The fourth-order valence-corrected chi connectivity index (χ4v) is 3.27. The van der Waals surface area contributed by atoms with E-state index in [9.17, 15) is 13.2 Å². The zero-order valence-electron chi connectivity index (χ0n) is 14.1. The molecule has 0 saturated carbocycles. The molecule has 0 radical (unpaired) electrons. The van der Waals surface area contributed by atoms with Crippen molar-refractivity contribution in [3.05, 3.63) is 77.5 Å². The van der Waals surface area contributed by atoms with E-state index in [-0.39, 0.29) is 0 Å². The topological polar surface area (TPSA) is 21.1 Å². The molecule has 2 heterocycles. The van der Waals surface area contributed by atoms with Crippen LogP contribution >= 0.6 is 0 Å². The Labute approximate surface area is 149 Å². The molecule has 0 amide bonds. The van der Waals surface area contributed by atoms with E-state index in [4.69, 9.17) is 0 Å². The molecule has 0 spiro atoms. The maximum Gasteiger partial charge on any atom is 0.416 e. The summed E-state index contributed by atoms with van der Waals surface area (Å²) in [5.74, 6) is 0. The molecule has 1 aromatic heterocycles. The third kappa shape index (κ3) is 3.51. The van der Waals surface area contributed by atoms with Gasteiger partial charge in [-0.1, -0.05) is 42.5 Å². The second-order valence-electron chi connectivity index (χ2n) is 6.52. The zero-order valence-corrected chi connectivity index (χ0v) is 14.1. The minimum Gasteiger partial charge on any atom is -0.291 e. The molecule has 1 aliphatic rings. The van der Waals surface area contributed by atoms with Crippen molar-refractivity contribution in [1.29, 1.82) is 0 Å². The van der Waals surface area contributed by atoms with E-state index in [1.165, 1.54) is 17.7 Å². The van der Waals surface area contributed by atoms with Gasteiger partial charge in [-0.05, 0) is 23.8 Å². The summed E-state index contributed by atoms with van der Waals surface area (Å²) in [7, 11) is 0. The van der Waals surface area contributed by atoms with Crippen LogP contribution in [0.4, 0.5) is 13.2 Å². The van der Waals surface area contributed by atoms with Crippen LogP contribution in [0.2, 0.25) is 0 Å². The first-order valence-electron chi connectivity index (χ1n) is 8.50. The lowest BCUT2D eigenvalue weighted by Gasteiger charge is -2.27. The van der Waals surface area contributed by atoms with Crippen LogP contribution < -0.4 is 0 Å². The molecule has 0 saturated heterocycles. The number of rotatable bonds is 3. The maximum atomic E-state index is 12.7. The van der Waals surface area contributed by atoms with E-state index in [0.29, 0.717) is 5.56 Å². The predicted octanol–water partition coefficient (Wildman–Crippen LogP) is 4.58. The molecular weight excluding hydrogens is 339 g/mol. The van der Waals surface area contributed by atoms with Crippen LogP contribution in [0.1, 0.15) is 16.8 Å². The molecule has 0 unspecified atom stereocenters. The van der Waals surface area contributed by atoms with Crippen molar-refractivity contribution in [3.63, 3.8) is 0 Å². The molecule has 0 bridgehead atoms. The van der Waals surface area contributed by atoms with E-state index < -0.39 is 11.7 Å². The Kier molecular flexibility index (Phi) is 4.28. The van der Waals surface area contributed by atoms with E-state index in [1.54, 1.807) is 0 Å². The molecule has 134 valence electrons. The molecular formula is C20H18F3N3. The second kappa shape index (κ2) is 6.61. The van der Waals surface area contributed by atoms with E-state index in [1.807, 2.05) is 28.9 Å². The molecule has 0 N–H and O–H groups in total. The number of aromatic nitrogens is 2. The minimum absolute atomic E-state index is 0.640. The van der Waals surface area contributed by atoms with Gasteiger partial charge in [0, 0.05) is 25.2 Å². The second-order valence-corrected chi connectivity index (χ2v) is 6.52. The zero-order chi connectivity index (χ0) is 18.1. The molecule has 26 heavy (non-hydrogen) atoms. The first-order chi connectivity index (χ1) is 12.5. The third-order valence-electron chi connectivity index (χ3n) is 4.63. The Balaban J connectivity index is 1.51. The number of benzene rings is 2. The van der Waals surface area contributed by atoms with Crippen LogP contribution in [0, 0.1) is 0 Å². The number of nitrogens with zero attached hydrogens (tertiary/aromatic N) is 3. The smallest absolute Gasteiger partial charge is 0.291 e. The Morgan fingerprint density at radius 3 is 2.35 bits per heavy atom. The lowest BCUT2D eigenvalue weighted by molar-refractivity contribution is -0.137. The van der Waals surface area contributed by atoms with Gasteiger partial charge in [0.25, 0.3) is 0 Å². The van der Waals surface area contributed by atoms with Crippen LogP contribution in [-0.4, -0.2) is 21.2 Å². The highest BCUT2D eigenvalue weighted by molar-refractivity contribution is 5.60. The van der Waals surface area contributed by atoms with E-state index >= 15 is 0 Å². The van der Waals surface area contributed by atoms with Crippen molar-refractivity contribution in [2.45, 2.75) is 25.8 Å². The number of alkyl halides is 3. The van der Waals surface area contributed by atoms with Gasteiger partial charge in [0.1, 0.15) is 0 Å². The third-order valence-corrected chi connectivity index (χ3v) is 4.63. The van der Waals surface area contributed by atoms with Crippen molar-refractivity contribution in [3.8, 4) is 11.3 Å². The fourth-order valence-electron chi connectivity index (χ4n) is 3.27. The fraction of sp³-hybridized carbons (Fsp3) is 0.250. The largest absolute Gasteiger partial charge is 0.416 e. The Bertz CT molecular complexity index is 883. The SMILES string of the molecule is FC(F)(F)c1ccc(-c2cc3n(n2)CCN(Cc2ccccc2)C3)cc1. The Morgan fingerprint density at radius 2 is 1.65 bits per heavy atom. The van der Waals surface area contributed by atoms with Crippen molar-refractivity contribution in [1.82, 2.24) is 14.7 Å². The first-order valence-corrected chi connectivity index (χ1v) is 8.50. The van der Waals surface area contributed by atoms with Crippen LogP contribution in [-0.2, 0) is 25.8 Å². The standard InChI is InChI=1S/C20H18F3N3/c21-20(22,23)17-8-6-16(7-9-17)19-12-18-14-25(10-11-26(18)24-19)13-15-4-2-1-3-5-15/h1-9,12H,10-11,13-14H2. The lowest BCUT2D eigenvalue weighted by Crippen LogP contribution is -2.33. The highest BCUT2D eigenvalue weighted by atomic mass is 19.4. The quantitative estimate of drug-likeness (QED) is 0.684. The average molecular weight is 357 g/mol. The van der Waals surface area contributed by atoms with Crippen molar-refractivity contribution >= 4 is 0 Å². The summed E-state index contributed by atoms with van der Waals surface area (Å²) in [5, 5.41) is 4.56. The molecule has 3 aromatic rings. The number of fused-ring (bicyclic) bond motifs is 1.